The lowest BCUT2D eigenvalue weighted by atomic mass is 10.3. The fraction of sp³-hybridized carbons (Fsp3) is 0.100. The zero-order chi connectivity index (χ0) is 10.1. The van der Waals surface area contributed by atoms with E-state index >= 15 is 0 Å². The molecular formula is C10H10ClN3. The summed E-state index contributed by atoms with van der Waals surface area (Å²) < 4.78 is 1.68. The molecule has 0 saturated heterocycles. The SMILES string of the molecule is Cc1cc(Cl)n(-c2ccc(N)cc2)n1. The van der Waals surface area contributed by atoms with Crippen LogP contribution in [0.5, 0.6) is 0 Å². The van der Waals surface area contributed by atoms with Crippen molar-refractivity contribution in [2.24, 2.45) is 0 Å². The van der Waals surface area contributed by atoms with E-state index in [1.807, 2.05) is 37.3 Å². The van der Waals surface area contributed by atoms with Crippen LogP contribution in [0.1, 0.15) is 5.69 Å². The molecule has 14 heavy (non-hydrogen) atoms. The summed E-state index contributed by atoms with van der Waals surface area (Å²) in [6.45, 7) is 1.90. The van der Waals surface area contributed by atoms with Gasteiger partial charge in [-0.25, -0.2) is 4.68 Å². The number of anilines is 1. The van der Waals surface area contributed by atoms with Gasteiger partial charge in [0.1, 0.15) is 5.15 Å². The summed E-state index contributed by atoms with van der Waals surface area (Å²) in [4.78, 5) is 0. The van der Waals surface area contributed by atoms with Crippen LogP contribution in [0.25, 0.3) is 5.69 Å². The van der Waals surface area contributed by atoms with Gasteiger partial charge in [0.05, 0.1) is 11.4 Å². The average Bonchev–Trinajstić information content (AvgIpc) is 2.47. The maximum absolute atomic E-state index is 5.99. The fourth-order valence-electron chi connectivity index (χ4n) is 1.26. The van der Waals surface area contributed by atoms with Gasteiger partial charge >= 0.3 is 0 Å². The number of aryl methyl sites for hydroxylation is 1. The topological polar surface area (TPSA) is 43.8 Å². The van der Waals surface area contributed by atoms with E-state index < -0.39 is 0 Å². The van der Waals surface area contributed by atoms with Crippen molar-refractivity contribution in [1.82, 2.24) is 9.78 Å². The van der Waals surface area contributed by atoms with Crippen LogP contribution in [0, 0.1) is 6.92 Å². The Balaban J connectivity index is 2.49. The first-order valence-electron chi connectivity index (χ1n) is 4.25. The first kappa shape index (κ1) is 9.09. The molecule has 0 radical (unpaired) electrons. The first-order chi connectivity index (χ1) is 6.66. The molecule has 2 rings (SSSR count). The lowest BCUT2D eigenvalue weighted by molar-refractivity contribution is 0.863. The van der Waals surface area contributed by atoms with Gasteiger partial charge in [0.15, 0.2) is 0 Å². The van der Waals surface area contributed by atoms with E-state index in [1.165, 1.54) is 0 Å². The Kier molecular flexibility index (Phi) is 2.17. The standard InChI is InChI=1S/C10H10ClN3/c1-7-6-10(11)14(13-7)9-4-2-8(12)3-5-9/h2-6H,12H2,1H3. The van der Waals surface area contributed by atoms with Gasteiger partial charge in [-0.3, -0.25) is 0 Å². The van der Waals surface area contributed by atoms with E-state index in [4.69, 9.17) is 17.3 Å². The van der Waals surface area contributed by atoms with Gasteiger partial charge in [0, 0.05) is 5.69 Å². The van der Waals surface area contributed by atoms with E-state index in [0.717, 1.165) is 17.1 Å². The second kappa shape index (κ2) is 3.35. The predicted octanol–water partition coefficient (Wildman–Crippen LogP) is 2.42. The van der Waals surface area contributed by atoms with Crippen LogP contribution in [-0.4, -0.2) is 9.78 Å². The van der Waals surface area contributed by atoms with E-state index in [-0.39, 0.29) is 0 Å². The van der Waals surface area contributed by atoms with Crippen LogP contribution < -0.4 is 5.73 Å². The number of aromatic nitrogens is 2. The molecule has 3 nitrogen and oxygen atoms in total. The van der Waals surface area contributed by atoms with Gasteiger partial charge in [-0.15, -0.1) is 0 Å². The third-order valence-corrected chi connectivity index (χ3v) is 2.19. The van der Waals surface area contributed by atoms with Crippen LogP contribution in [0.4, 0.5) is 5.69 Å². The molecule has 0 aliphatic heterocycles. The van der Waals surface area contributed by atoms with Crippen molar-refractivity contribution in [2.75, 3.05) is 5.73 Å². The van der Waals surface area contributed by atoms with Crippen molar-refractivity contribution in [3.63, 3.8) is 0 Å². The number of halogens is 1. The van der Waals surface area contributed by atoms with Crippen LogP contribution in [0.15, 0.2) is 30.3 Å². The quantitative estimate of drug-likeness (QED) is 0.730. The van der Waals surface area contributed by atoms with Crippen molar-refractivity contribution in [3.8, 4) is 5.69 Å². The van der Waals surface area contributed by atoms with Crippen molar-refractivity contribution in [2.45, 2.75) is 6.92 Å². The zero-order valence-electron chi connectivity index (χ0n) is 7.74. The highest BCUT2D eigenvalue weighted by Gasteiger charge is 2.03. The summed E-state index contributed by atoms with van der Waals surface area (Å²) in [5.41, 5.74) is 8.13. The average molecular weight is 208 g/mol. The predicted molar refractivity (Wildman–Crippen MR) is 57.7 cm³/mol. The second-order valence-corrected chi connectivity index (χ2v) is 3.50. The number of nitrogen functional groups attached to an aromatic ring is 1. The van der Waals surface area contributed by atoms with E-state index in [9.17, 15) is 0 Å². The Morgan fingerprint density at radius 2 is 1.93 bits per heavy atom. The van der Waals surface area contributed by atoms with Crippen molar-refractivity contribution in [1.29, 1.82) is 0 Å². The summed E-state index contributed by atoms with van der Waals surface area (Å²) in [5, 5.41) is 4.86. The Morgan fingerprint density at radius 3 is 2.43 bits per heavy atom. The largest absolute Gasteiger partial charge is 0.399 e. The maximum atomic E-state index is 5.99. The normalized spacial score (nSPS) is 10.4. The molecule has 72 valence electrons. The van der Waals surface area contributed by atoms with Gasteiger partial charge < -0.3 is 5.73 Å². The van der Waals surface area contributed by atoms with Crippen LogP contribution in [-0.2, 0) is 0 Å². The van der Waals surface area contributed by atoms with E-state index in [2.05, 4.69) is 5.10 Å². The van der Waals surface area contributed by atoms with Gasteiger partial charge in [-0.2, -0.15) is 5.10 Å². The van der Waals surface area contributed by atoms with E-state index in [1.54, 1.807) is 4.68 Å². The molecule has 2 N–H and O–H groups in total. The van der Waals surface area contributed by atoms with Gasteiger partial charge in [-0.1, -0.05) is 11.6 Å². The Labute approximate surface area is 87.1 Å². The summed E-state index contributed by atoms with van der Waals surface area (Å²) in [6.07, 6.45) is 0. The number of rotatable bonds is 1. The zero-order valence-corrected chi connectivity index (χ0v) is 8.49. The van der Waals surface area contributed by atoms with Crippen LogP contribution in [0.2, 0.25) is 5.15 Å². The monoisotopic (exact) mass is 207 g/mol. The molecule has 0 aliphatic carbocycles. The highest BCUT2D eigenvalue weighted by atomic mass is 35.5. The lowest BCUT2D eigenvalue weighted by Gasteiger charge is -2.02. The number of nitrogens with two attached hydrogens (primary N) is 1. The molecule has 2 aromatic rings. The summed E-state index contributed by atoms with van der Waals surface area (Å²) in [5.74, 6) is 0. The summed E-state index contributed by atoms with van der Waals surface area (Å²) >= 11 is 5.99. The third-order valence-electron chi connectivity index (χ3n) is 1.93. The van der Waals surface area contributed by atoms with Crippen molar-refractivity contribution in [3.05, 3.63) is 41.2 Å². The van der Waals surface area contributed by atoms with Crippen LogP contribution in [0.3, 0.4) is 0 Å². The molecular weight excluding hydrogens is 198 g/mol. The summed E-state index contributed by atoms with van der Waals surface area (Å²) in [7, 11) is 0. The second-order valence-electron chi connectivity index (χ2n) is 3.11. The molecule has 0 atom stereocenters. The molecule has 0 saturated carbocycles. The fourth-order valence-corrected chi connectivity index (χ4v) is 1.56. The first-order valence-corrected chi connectivity index (χ1v) is 4.63. The summed E-state index contributed by atoms with van der Waals surface area (Å²) in [6, 6.07) is 9.23. The minimum absolute atomic E-state index is 0.604. The van der Waals surface area contributed by atoms with Crippen LogP contribution >= 0.6 is 11.6 Å². The Bertz CT molecular complexity index is 445. The van der Waals surface area contributed by atoms with Gasteiger partial charge in [-0.05, 0) is 37.3 Å². The maximum Gasteiger partial charge on any atom is 0.133 e. The molecule has 0 fully saturated rings. The van der Waals surface area contributed by atoms with E-state index in [0.29, 0.717) is 5.15 Å². The molecule has 1 aromatic carbocycles. The smallest absolute Gasteiger partial charge is 0.133 e. The molecule has 0 unspecified atom stereocenters. The highest BCUT2D eigenvalue weighted by Crippen LogP contribution is 2.17. The number of hydrogen-bond donors (Lipinski definition) is 1. The number of benzene rings is 1. The molecule has 0 aliphatic rings. The number of hydrogen-bond acceptors (Lipinski definition) is 2. The lowest BCUT2D eigenvalue weighted by Crippen LogP contribution is -1.96. The molecule has 4 heteroatoms. The van der Waals surface area contributed by atoms with Gasteiger partial charge in [0.2, 0.25) is 0 Å². The minimum atomic E-state index is 0.604. The number of nitrogens with zero attached hydrogens (tertiary/aromatic N) is 2. The minimum Gasteiger partial charge on any atom is -0.399 e. The van der Waals surface area contributed by atoms with Crippen molar-refractivity contribution < 1.29 is 0 Å². The van der Waals surface area contributed by atoms with Crippen molar-refractivity contribution >= 4 is 17.3 Å². The Morgan fingerprint density at radius 1 is 1.29 bits per heavy atom. The molecule has 1 heterocycles. The molecule has 0 amide bonds. The molecule has 0 spiro atoms. The third kappa shape index (κ3) is 1.59. The van der Waals surface area contributed by atoms with Gasteiger partial charge in [0.25, 0.3) is 0 Å². The molecule has 0 bridgehead atoms. The highest BCUT2D eigenvalue weighted by molar-refractivity contribution is 6.29. The Hall–Kier alpha value is -1.48. The molecule has 1 aromatic heterocycles.